The van der Waals surface area contributed by atoms with Crippen molar-refractivity contribution >= 4 is 12.4 Å². The summed E-state index contributed by atoms with van der Waals surface area (Å²) in [6, 6.07) is 10.3. The molecule has 1 aromatic rings. The predicted octanol–water partition coefficient (Wildman–Crippen LogP) is 4.90. The molecule has 1 fully saturated rings. The van der Waals surface area contributed by atoms with Gasteiger partial charge in [-0.05, 0) is 29.7 Å². The smallest absolute Gasteiger partial charge is 0.126 e. The van der Waals surface area contributed by atoms with Gasteiger partial charge in [-0.3, -0.25) is 0 Å². The number of benzene rings is 1. The fourth-order valence-electron chi connectivity index (χ4n) is 3.04. The first-order valence-electron chi connectivity index (χ1n) is 7.36. The summed E-state index contributed by atoms with van der Waals surface area (Å²) in [5.41, 5.74) is 1.05. The molecule has 1 nitrogen and oxygen atoms in total. The third-order valence-corrected chi connectivity index (χ3v) is 5.18. The highest BCUT2D eigenvalue weighted by Gasteiger charge is 2.50. The number of hydrogen-bond donors (Lipinski definition) is 0. The Labute approximate surface area is 122 Å². The van der Waals surface area contributed by atoms with Crippen molar-refractivity contribution in [1.82, 2.24) is 0 Å². The molecule has 0 amide bonds. The third kappa shape index (κ3) is 2.77. The zero-order valence-corrected chi connectivity index (χ0v) is 12.7. The lowest BCUT2D eigenvalue weighted by Crippen LogP contribution is -2.34. The Morgan fingerprint density at radius 2 is 1.80 bits per heavy atom. The molecule has 2 rings (SSSR count). The van der Waals surface area contributed by atoms with Crippen molar-refractivity contribution in [2.45, 2.75) is 33.6 Å². The molecule has 0 saturated heterocycles. The highest BCUT2D eigenvalue weighted by Crippen LogP contribution is 2.55. The minimum atomic E-state index is -0.189. The van der Waals surface area contributed by atoms with Gasteiger partial charge in [-0.1, -0.05) is 75.4 Å². The van der Waals surface area contributed by atoms with Gasteiger partial charge in [0, 0.05) is 5.41 Å². The molecule has 1 aromatic carbocycles. The van der Waals surface area contributed by atoms with Crippen molar-refractivity contribution in [3.63, 3.8) is 0 Å². The van der Waals surface area contributed by atoms with Crippen LogP contribution in [0, 0.1) is 16.7 Å². The molecule has 0 bridgehead atoms. The Hall–Kier alpha value is -1.63. The third-order valence-electron chi connectivity index (χ3n) is 5.18. The summed E-state index contributed by atoms with van der Waals surface area (Å²) in [6.07, 6.45) is 11.8. The molecule has 0 unspecified atom stereocenters. The summed E-state index contributed by atoms with van der Waals surface area (Å²) < 4.78 is 0. The molecular formula is C19H24O. The SMILES string of the molecule is CC1(C)[C@@H](/C=C/C=C/c2ccccc2)CC[C@@]1(C)C=O. The van der Waals surface area contributed by atoms with E-state index in [2.05, 4.69) is 57.2 Å². The van der Waals surface area contributed by atoms with Crippen LogP contribution >= 0.6 is 0 Å². The summed E-state index contributed by atoms with van der Waals surface area (Å²) in [6.45, 7) is 6.52. The van der Waals surface area contributed by atoms with Crippen LogP contribution in [0.4, 0.5) is 0 Å². The topological polar surface area (TPSA) is 17.1 Å². The molecule has 0 N–H and O–H groups in total. The normalized spacial score (nSPS) is 29.2. The molecule has 0 heterocycles. The van der Waals surface area contributed by atoms with E-state index in [1.807, 2.05) is 18.2 Å². The first-order chi connectivity index (χ1) is 9.49. The van der Waals surface area contributed by atoms with Crippen LogP contribution < -0.4 is 0 Å². The van der Waals surface area contributed by atoms with Crippen molar-refractivity contribution in [2.24, 2.45) is 16.7 Å². The summed E-state index contributed by atoms with van der Waals surface area (Å²) in [7, 11) is 0. The molecule has 1 heteroatoms. The highest BCUT2D eigenvalue weighted by molar-refractivity contribution is 5.61. The number of carbonyl (C=O) groups is 1. The van der Waals surface area contributed by atoms with Gasteiger partial charge in [0.1, 0.15) is 6.29 Å². The fourth-order valence-corrected chi connectivity index (χ4v) is 3.04. The van der Waals surface area contributed by atoms with Crippen LogP contribution in [-0.2, 0) is 4.79 Å². The first kappa shape index (κ1) is 14.8. The van der Waals surface area contributed by atoms with Crippen LogP contribution in [0.1, 0.15) is 39.2 Å². The summed E-state index contributed by atoms with van der Waals surface area (Å²) >= 11 is 0. The van der Waals surface area contributed by atoms with Crippen LogP contribution in [0.3, 0.4) is 0 Å². The van der Waals surface area contributed by atoms with E-state index in [1.54, 1.807) is 0 Å². The zero-order valence-electron chi connectivity index (χ0n) is 12.7. The van der Waals surface area contributed by atoms with Crippen LogP contribution in [0.15, 0.2) is 48.6 Å². The minimum Gasteiger partial charge on any atom is -0.303 e. The maximum atomic E-state index is 11.4. The molecule has 0 aromatic heterocycles. The van der Waals surface area contributed by atoms with Gasteiger partial charge in [0.05, 0.1) is 0 Å². The molecule has 0 aliphatic heterocycles. The van der Waals surface area contributed by atoms with Gasteiger partial charge in [0.25, 0.3) is 0 Å². The lowest BCUT2D eigenvalue weighted by atomic mass is 9.66. The number of aldehydes is 1. The second-order valence-electron chi connectivity index (χ2n) is 6.56. The minimum absolute atomic E-state index is 0.0336. The van der Waals surface area contributed by atoms with E-state index >= 15 is 0 Å². The van der Waals surface area contributed by atoms with Gasteiger partial charge in [0.15, 0.2) is 0 Å². The summed E-state index contributed by atoms with van der Waals surface area (Å²) in [4.78, 5) is 11.4. The quantitative estimate of drug-likeness (QED) is 0.561. The fraction of sp³-hybridized carbons (Fsp3) is 0.421. The van der Waals surface area contributed by atoms with Gasteiger partial charge in [-0.2, -0.15) is 0 Å². The van der Waals surface area contributed by atoms with Gasteiger partial charge >= 0.3 is 0 Å². The Morgan fingerprint density at radius 3 is 2.40 bits per heavy atom. The van der Waals surface area contributed by atoms with Gasteiger partial charge in [0.2, 0.25) is 0 Å². The number of hydrogen-bond acceptors (Lipinski definition) is 1. The number of carbonyl (C=O) groups excluding carboxylic acids is 1. The molecule has 1 aliphatic rings. The molecule has 2 atom stereocenters. The predicted molar refractivity (Wildman–Crippen MR) is 85.3 cm³/mol. The Kier molecular flexibility index (Phi) is 4.27. The largest absolute Gasteiger partial charge is 0.303 e. The van der Waals surface area contributed by atoms with Crippen molar-refractivity contribution in [3.8, 4) is 0 Å². The van der Waals surface area contributed by atoms with E-state index in [1.165, 1.54) is 5.56 Å². The average Bonchev–Trinajstić information content (AvgIpc) is 2.68. The van der Waals surface area contributed by atoms with Gasteiger partial charge in [-0.15, -0.1) is 0 Å². The number of allylic oxidation sites excluding steroid dienone is 3. The molecule has 1 saturated carbocycles. The Morgan fingerprint density at radius 1 is 1.10 bits per heavy atom. The van der Waals surface area contributed by atoms with Crippen LogP contribution in [0.5, 0.6) is 0 Å². The lowest BCUT2D eigenvalue weighted by molar-refractivity contribution is -0.120. The molecule has 106 valence electrons. The summed E-state index contributed by atoms with van der Waals surface area (Å²) in [5.74, 6) is 0.470. The maximum absolute atomic E-state index is 11.4. The molecule has 0 spiro atoms. The summed E-state index contributed by atoms with van der Waals surface area (Å²) in [5, 5.41) is 0. The molecular weight excluding hydrogens is 244 g/mol. The van der Waals surface area contributed by atoms with Crippen molar-refractivity contribution in [3.05, 3.63) is 54.1 Å². The molecule has 20 heavy (non-hydrogen) atoms. The lowest BCUT2D eigenvalue weighted by Gasteiger charge is -2.36. The van der Waals surface area contributed by atoms with Gasteiger partial charge < -0.3 is 4.79 Å². The van der Waals surface area contributed by atoms with Gasteiger partial charge in [-0.25, -0.2) is 0 Å². The van der Waals surface area contributed by atoms with E-state index in [-0.39, 0.29) is 10.8 Å². The zero-order chi connectivity index (χ0) is 14.6. The Bertz CT molecular complexity index is 510. The Balaban J connectivity index is 2.03. The van der Waals surface area contributed by atoms with E-state index in [4.69, 9.17) is 0 Å². The first-order valence-corrected chi connectivity index (χ1v) is 7.36. The highest BCUT2D eigenvalue weighted by atomic mass is 16.1. The maximum Gasteiger partial charge on any atom is 0.126 e. The number of rotatable bonds is 4. The second kappa shape index (κ2) is 5.78. The standard InChI is InChI=1S/C19H24O/c1-18(2)17(13-14-19(18,3)15-20)12-8-7-11-16-9-5-4-6-10-16/h4-12,15,17H,13-14H2,1-3H3/b11-7+,12-8+/t17-,19-/m0/s1. The van der Waals surface area contributed by atoms with Crippen LogP contribution in [-0.4, -0.2) is 6.29 Å². The second-order valence-corrected chi connectivity index (χ2v) is 6.56. The monoisotopic (exact) mass is 268 g/mol. The van der Waals surface area contributed by atoms with E-state index < -0.39 is 0 Å². The van der Waals surface area contributed by atoms with Crippen LogP contribution in [0.2, 0.25) is 0 Å². The van der Waals surface area contributed by atoms with Crippen molar-refractivity contribution in [2.75, 3.05) is 0 Å². The molecule has 1 aliphatic carbocycles. The van der Waals surface area contributed by atoms with Crippen molar-refractivity contribution < 1.29 is 4.79 Å². The van der Waals surface area contributed by atoms with Crippen molar-refractivity contribution in [1.29, 1.82) is 0 Å². The van der Waals surface area contributed by atoms with E-state index in [0.717, 1.165) is 19.1 Å². The van der Waals surface area contributed by atoms with E-state index in [9.17, 15) is 4.79 Å². The van der Waals surface area contributed by atoms with Crippen LogP contribution in [0.25, 0.3) is 6.08 Å². The molecule has 0 radical (unpaired) electrons. The average molecular weight is 268 g/mol. The van der Waals surface area contributed by atoms with E-state index in [0.29, 0.717) is 5.92 Å².